The van der Waals surface area contributed by atoms with Gasteiger partial charge in [-0.15, -0.1) is 0 Å². The maximum atomic E-state index is 4.71. The van der Waals surface area contributed by atoms with Gasteiger partial charge in [0.2, 0.25) is 0 Å². The standard InChI is InChI=1S/C19H22N4.C2H6/c1-5-6-17-18(13(2)3)19(23(4)22-17)15-9-7-14(8-10-15)16-11-20-21-12-16;1-2/h7-12H,2,5-6H2,1,3-4H3,(H,20,21);1-2H3. The monoisotopic (exact) mass is 336 g/mol. The molecule has 1 aromatic carbocycles. The van der Waals surface area contributed by atoms with Gasteiger partial charge < -0.3 is 0 Å². The van der Waals surface area contributed by atoms with Crippen LogP contribution in [-0.4, -0.2) is 20.0 Å². The van der Waals surface area contributed by atoms with Crippen LogP contribution in [0, 0.1) is 0 Å². The van der Waals surface area contributed by atoms with Gasteiger partial charge >= 0.3 is 0 Å². The van der Waals surface area contributed by atoms with Crippen LogP contribution in [-0.2, 0) is 13.5 Å². The summed E-state index contributed by atoms with van der Waals surface area (Å²) in [5.74, 6) is 0. The average molecular weight is 336 g/mol. The summed E-state index contributed by atoms with van der Waals surface area (Å²) in [6.07, 6.45) is 5.79. The maximum Gasteiger partial charge on any atom is 0.0756 e. The van der Waals surface area contributed by atoms with Crippen LogP contribution in [0.4, 0.5) is 0 Å². The second-order valence-electron chi connectivity index (χ2n) is 5.89. The molecule has 0 aliphatic heterocycles. The number of allylic oxidation sites excluding steroid dienone is 1. The summed E-state index contributed by atoms with van der Waals surface area (Å²) in [6, 6.07) is 8.52. The molecule has 2 aromatic heterocycles. The van der Waals surface area contributed by atoms with E-state index < -0.39 is 0 Å². The number of H-pyrrole nitrogens is 1. The molecule has 0 aliphatic rings. The Morgan fingerprint density at radius 2 is 1.76 bits per heavy atom. The van der Waals surface area contributed by atoms with Gasteiger partial charge in [-0.05, 0) is 24.5 Å². The molecular formula is C21H28N4. The van der Waals surface area contributed by atoms with Crippen molar-refractivity contribution in [3.05, 3.63) is 54.5 Å². The van der Waals surface area contributed by atoms with E-state index in [-0.39, 0.29) is 0 Å². The maximum absolute atomic E-state index is 4.71. The second-order valence-corrected chi connectivity index (χ2v) is 5.89. The zero-order valence-corrected chi connectivity index (χ0v) is 15.9. The summed E-state index contributed by atoms with van der Waals surface area (Å²) in [7, 11) is 2.00. The van der Waals surface area contributed by atoms with Crippen molar-refractivity contribution in [1.29, 1.82) is 0 Å². The molecule has 0 aliphatic carbocycles. The molecule has 1 N–H and O–H groups in total. The van der Waals surface area contributed by atoms with Gasteiger partial charge in [-0.3, -0.25) is 9.78 Å². The lowest BCUT2D eigenvalue weighted by molar-refractivity contribution is 0.739. The molecule has 132 valence electrons. The van der Waals surface area contributed by atoms with Crippen LogP contribution in [0.15, 0.2) is 43.2 Å². The number of hydrogen-bond acceptors (Lipinski definition) is 2. The molecule has 0 spiro atoms. The molecule has 3 aromatic rings. The Morgan fingerprint density at radius 1 is 1.12 bits per heavy atom. The molecular weight excluding hydrogens is 308 g/mol. The van der Waals surface area contributed by atoms with Crippen molar-refractivity contribution in [2.75, 3.05) is 0 Å². The molecule has 2 heterocycles. The molecule has 0 radical (unpaired) electrons. The van der Waals surface area contributed by atoms with Crippen molar-refractivity contribution in [3.8, 4) is 22.4 Å². The summed E-state index contributed by atoms with van der Waals surface area (Å²) in [6.45, 7) is 12.4. The predicted molar refractivity (Wildman–Crippen MR) is 106 cm³/mol. The quantitative estimate of drug-likeness (QED) is 0.669. The van der Waals surface area contributed by atoms with Gasteiger partial charge in [-0.25, -0.2) is 0 Å². The van der Waals surface area contributed by atoms with Crippen molar-refractivity contribution in [3.63, 3.8) is 0 Å². The molecule has 0 unspecified atom stereocenters. The van der Waals surface area contributed by atoms with Crippen molar-refractivity contribution in [1.82, 2.24) is 20.0 Å². The largest absolute Gasteiger partial charge is 0.285 e. The van der Waals surface area contributed by atoms with E-state index in [2.05, 4.69) is 54.9 Å². The third-order valence-corrected chi connectivity index (χ3v) is 4.02. The highest BCUT2D eigenvalue weighted by atomic mass is 15.3. The van der Waals surface area contributed by atoms with E-state index in [1.165, 1.54) is 5.56 Å². The average Bonchev–Trinajstić information content (AvgIpc) is 3.25. The number of aromatic amines is 1. The Balaban J connectivity index is 0.00000109. The lowest BCUT2D eigenvalue weighted by Gasteiger charge is -2.08. The Bertz CT molecular complexity index is 808. The SMILES string of the molecule is C=C(C)c1c(CCC)nn(C)c1-c1ccc(-c2cn[nH]c2)cc1.CC. The van der Waals surface area contributed by atoms with E-state index >= 15 is 0 Å². The molecule has 25 heavy (non-hydrogen) atoms. The van der Waals surface area contributed by atoms with Crippen molar-refractivity contribution >= 4 is 5.57 Å². The molecule has 0 saturated carbocycles. The summed E-state index contributed by atoms with van der Waals surface area (Å²) in [5, 5.41) is 11.6. The first kappa shape index (κ1) is 18.7. The van der Waals surface area contributed by atoms with Crippen LogP contribution in [0.5, 0.6) is 0 Å². The summed E-state index contributed by atoms with van der Waals surface area (Å²) >= 11 is 0. The fourth-order valence-electron chi connectivity index (χ4n) is 3.00. The Morgan fingerprint density at radius 3 is 2.28 bits per heavy atom. The van der Waals surface area contributed by atoms with Crippen LogP contribution < -0.4 is 0 Å². The highest BCUT2D eigenvalue weighted by Crippen LogP contribution is 2.32. The van der Waals surface area contributed by atoms with E-state index in [0.717, 1.165) is 46.5 Å². The zero-order chi connectivity index (χ0) is 18.4. The van der Waals surface area contributed by atoms with Crippen LogP contribution in [0.25, 0.3) is 28.0 Å². The molecule has 0 saturated heterocycles. The van der Waals surface area contributed by atoms with Gasteiger partial charge in [-0.1, -0.05) is 58.0 Å². The molecule has 4 nitrogen and oxygen atoms in total. The van der Waals surface area contributed by atoms with Crippen LogP contribution >= 0.6 is 0 Å². The first-order chi connectivity index (χ1) is 12.1. The minimum Gasteiger partial charge on any atom is -0.285 e. The number of aromatic nitrogens is 4. The van der Waals surface area contributed by atoms with Gasteiger partial charge in [0.05, 0.1) is 17.6 Å². The predicted octanol–water partition coefficient (Wildman–Crippen LogP) is 5.49. The molecule has 3 rings (SSSR count). The summed E-state index contributed by atoms with van der Waals surface area (Å²) < 4.78 is 1.97. The fraction of sp³-hybridized carbons (Fsp3) is 0.333. The van der Waals surface area contributed by atoms with Gasteiger partial charge in [0.15, 0.2) is 0 Å². The van der Waals surface area contributed by atoms with Crippen LogP contribution in [0.2, 0.25) is 0 Å². The molecule has 4 heteroatoms. The van der Waals surface area contributed by atoms with E-state index in [9.17, 15) is 0 Å². The highest BCUT2D eigenvalue weighted by molar-refractivity contribution is 5.80. The normalized spacial score (nSPS) is 10.3. The van der Waals surface area contributed by atoms with Crippen LogP contribution in [0.1, 0.15) is 45.4 Å². The summed E-state index contributed by atoms with van der Waals surface area (Å²) in [5.41, 5.74) is 7.92. The Hall–Kier alpha value is -2.62. The highest BCUT2D eigenvalue weighted by Gasteiger charge is 2.17. The molecule has 0 amide bonds. The van der Waals surface area contributed by atoms with E-state index in [1.807, 2.05) is 38.0 Å². The van der Waals surface area contributed by atoms with Crippen LogP contribution in [0.3, 0.4) is 0 Å². The van der Waals surface area contributed by atoms with E-state index in [0.29, 0.717) is 0 Å². The van der Waals surface area contributed by atoms with Gasteiger partial charge in [0.1, 0.15) is 0 Å². The zero-order valence-electron chi connectivity index (χ0n) is 15.9. The lowest BCUT2D eigenvalue weighted by Crippen LogP contribution is -1.95. The number of rotatable bonds is 5. The number of nitrogens with zero attached hydrogens (tertiary/aromatic N) is 3. The summed E-state index contributed by atoms with van der Waals surface area (Å²) in [4.78, 5) is 0. The van der Waals surface area contributed by atoms with E-state index in [1.54, 1.807) is 0 Å². The first-order valence-electron chi connectivity index (χ1n) is 8.93. The Labute approximate surface area is 150 Å². The fourth-order valence-corrected chi connectivity index (χ4v) is 3.00. The van der Waals surface area contributed by atoms with Crippen molar-refractivity contribution in [2.45, 2.75) is 40.5 Å². The van der Waals surface area contributed by atoms with Gasteiger partial charge in [0, 0.05) is 29.9 Å². The van der Waals surface area contributed by atoms with Gasteiger partial charge in [-0.2, -0.15) is 10.2 Å². The topological polar surface area (TPSA) is 46.5 Å². The Kier molecular flexibility index (Phi) is 6.34. The number of hydrogen-bond donors (Lipinski definition) is 1. The minimum absolute atomic E-state index is 0.975. The van der Waals surface area contributed by atoms with Crippen molar-refractivity contribution in [2.24, 2.45) is 7.05 Å². The first-order valence-corrected chi connectivity index (χ1v) is 8.93. The number of benzene rings is 1. The molecule has 0 fully saturated rings. The van der Waals surface area contributed by atoms with E-state index in [4.69, 9.17) is 5.10 Å². The number of nitrogens with one attached hydrogen (secondary N) is 1. The minimum atomic E-state index is 0.975. The lowest BCUT2D eigenvalue weighted by atomic mass is 9.97. The third kappa shape index (κ3) is 3.90. The van der Waals surface area contributed by atoms with Gasteiger partial charge in [0.25, 0.3) is 0 Å². The third-order valence-electron chi connectivity index (χ3n) is 4.02. The second kappa shape index (κ2) is 8.47. The molecule has 0 atom stereocenters. The smallest absolute Gasteiger partial charge is 0.0756 e. The number of aryl methyl sites for hydroxylation is 2. The molecule has 0 bridgehead atoms. The van der Waals surface area contributed by atoms with Crippen molar-refractivity contribution < 1.29 is 0 Å².